The summed E-state index contributed by atoms with van der Waals surface area (Å²) in [5.41, 5.74) is 2.95. The zero-order valence-corrected chi connectivity index (χ0v) is 13.9. The molecule has 23 heavy (non-hydrogen) atoms. The lowest BCUT2D eigenvalue weighted by atomic mass is 10.2. The number of phenolic OH excluding ortho intramolecular Hbond substituents is 1. The van der Waals surface area contributed by atoms with Crippen molar-refractivity contribution in [3.63, 3.8) is 0 Å². The van der Waals surface area contributed by atoms with Gasteiger partial charge in [0.25, 0.3) is 0 Å². The zero-order chi connectivity index (χ0) is 16.4. The molecule has 0 aliphatic carbocycles. The minimum Gasteiger partial charge on any atom is -0.508 e. The Bertz CT molecular complexity index is 828. The van der Waals surface area contributed by atoms with Crippen LogP contribution in [0.2, 0.25) is 10.0 Å². The van der Waals surface area contributed by atoms with Gasteiger partial charge >= 0.3 is 0 Å². The predicted molar refractivity (Wildman–Crippen MR) is 94.1 cm³/mol. The van der Waals surface area contributed by atoms with Crippen molar-refractivity contribution in [3.8, 4) is 17.0 Å². The Hall–Kier alpha value is -2.17. The van der Waals surface area contributed by atoms with Crippen molar-refractivity contribution >= 4 is 29.2 Å². The molecule has 3 rings (SSSR count). The highest BCUT2D eigenvalue weighted by molar-refractivity contribution is 6.42. The molecule has 0 radical (unpaired) electrons. The van der Waals surface area contributed by atoms with Gasteiger partial charge in [0.1, 0.15) is 5.75 Å². The minimum absolute atomic E-state index is 0.257. The predicted octanol–water partition coefficient (Wildman–Crippen LogP) is 4.71. The third kappa shape index (κ3) is 3.44. The van der Waals surface area contributed by atoms with E-state index in [2.05, 4.69) is 10.3 Å². The van der Waals surface area contributed by atoms with E-state index in [1.807, 2.05) is 35.9 Å². The molecule has 2 N–H and O–H groups in total. The van der Waals surface area contributed by atoms with Crippen LogP contribution in [0.5, 0.6) is 5.75 Å². The van der Waals surface area contributed by atoms with Crippen molar-refractivity contribution < 1.29 is 5.11 Å². The van der Waals surface area contributed by atoms with Crippen LogP contribution in [-0.2, 0) is 13.6 Å². The van der Waals surface area contributed by atoms with Crippen LogP contribution in [-0.4, -0.2) is 14.7 Å². The first-order chi connectivity index (χ1) is 11.0. The van der Waals surface area contributed by atoms with E-state index in [1.165, 1.54) is 0 Å². The quantitative estimate of drug-likeness (QED) is 0.718. The molecule has 6 heteroatoms. The van der Waals surface area contributed by atoms with Gasteiger partial charge in [0.15, 0.2) is 0 Å². The summed E-state index contributed by atoms with van der Waals surface area (Å²) in [6.45, 7) is 0.617. The lowest BCUT2D eigenvalue weighted by Crippen LogP contribution is -2.05. The summed E-state index contributed by atoms with van der Waals surface area (Å²) in [5.74, 6) is 1.01. The highest BCUT2D eigenvalue weighted by Crippen LogP contribution is 2.29. The Morgan fingerprint density at radius 2 is 1.83 bits per heavy atom. The van der Waals surface area contributed by atoms with E-state index in [1.54, 1.807) is 24.4 Å². The number of imidazole rings is 1. The number of nitrogens with one attached hydrogen (secondary N) is 1. The lowest BCUT2D eigenvalue weighted by molar-refractivity contribution is 0.475. The van der Waals surface area contributed by atoms with E-state index in [-0.39, 0.29) is 5.75 Å². The summed E-state index contributed by atoms with van der Waals surface area (Å²) in [5, 5.41) is 13.6. The van der Waals surface area contributed by atoms with E-state index in [9.17, 15) is 5.11 Å². The Labute approximate surface area is 144 Å². The molecule has 0 fully saturated rings. The van der Waals surface area contributed by atoms with Gasteiger partial charge in [0, 0.05) is 19.2 Å². The Morgan fingerprint density at radius 3 is 2.52 bits per heavy atom. The van der Waals surface area contributed by atoms with Crippen LogP contribution < -0.4 is 5.32 Å². The third-order valence-corrected chi connectivity index (χ3v) is 4.33. The van der Waals surface area contributed by atoms with Crippen molar-refractivity contribution in [2.45, 2.75) is 6.54 Å². The highest BCUT2D eigenvalue weighted by atomic mass is 35.5. The fraction of sp³-hybridized carbons (Fsp3) is 0.118. The Morgan fingerprint density at radius 1 is 1.09 bits per heavy atom. The molecule has 0 amide bonds. The van der Waals surface area contributed by atoms with Gasteiger partial charge < -0.3 is 15.0 Å². The van der Waals surface area contributed by atoms with Crippen molar-refractivity contribution in [3.05, 3.63) is 64.3 Å². The summed E-state index contributed by atoms with van der Waals surface area (Å²) < 4.78 is 1.96. The first-order valence-corrected chi connectivity index (χ1v) is 7.79. The van der Waals surface area contributed by atoms with E-state index < -0.39 is 0 Å². The molecule has 0 aliphatic rings. The lowest BCUT2D eigenvalue weighted by Gasteiger charge is -2.09. The van der Waals surface area contributed by atoms with E-state index in [0.717, 1.165) is 22.8 Å². The minimum atomic E-state index is 0.257. The number of phenols is 1. The topological polar surface area (TPSA) is 50.1 Å². The fourth-order valence-electron chi connectivity index (χ4n) is 2.29. The largest absolute Gasteiger partial charge is 0.508 e. The summed E-state index contributed by atoms with van der Waals surface area (Å²) in [7, 11) is 1.93. The average molecular weight is 348 g/mol. The standard InChI is InChI=1S/C17H15Cl2N3O/c1-22-16(12-4-7-14(18)15(19)8-12)10-21-17(22)20-9-11-2-5-13(23)6-3-11/h2-8,10,23H,9H2,1H3,(H,20,21). The summed E-state index contributed by atoms with van der Waals surface area (Å²) in [6.07, 6.45) is 1.79. The molecule has 0 saturated heterocycles. The van der Waals surface area contributed by atoms with Crippen molar-refractivity contribution in [1.82, 2.24) is 9.55 Å². The number of halogens is 2. The van der Waals surface area contributed by atoms with Gasteiger partial charge in [0.05, 0.1) is 21.9 Å². The molecule has 118 valence electrons. The maximum atomic E-state index is 9.30. The normalized spacial score (nSPS) is 10.7. The first-order valence-electron chi connectivity index (χ1n) is 7.03. The second kappa shape index (κ2) is 6.52. The molecule has 0 unspecified atom stereocenters. The number of anilines is 1. The van der Waals surface area contributed by atoms with Gasteiger partial charge in [-0.2, -0.15) is 0 Å². The Kier molecular flexibility index (Phi) is 4.46. The highest BCUT2D eigenvalue weighted by Gasteiger charge is 2.10. The van der Waals surface area contributed by atoms with Crippen LogP contribution in [0, 0.1) is 0 Å². The summed E-state index contributed by atoms with van der Waals surface area (Å²) in [4.78, 5) is 4.40. The van der Waals surface area contributed by atoms with Gasteiger partial charge in [-0.15, -0.1) is 0 Å². The van der Waals surface area contributed by atoms with Crippen molar-refractivity contribution in [2.24, 2.45) is 7.05 Å². The van der Waals surface area contributed by atoms with Crippen molar-refractivity contribution in [1.29, 1.82) is 0 Å². The smallest absolute Gasteiger partial charge is 0.203 e. The van der Waals surface area contributed by atoms with Crippen LogP contribution in [0.25, 0.3) is 11.3 Å². The molecule has 4 nitrogen and oxygen atoms in total. The number of nitrogens with zero attached hydrogens (tertiary/aromatic N) is 2. The molecular formula is C17H15Cl2N3O. The molecule has 0 aliphatic heterocycles. The number of aromatic hydroxyl groups is 1. The SMILES string of the molecule is Cn1c(-c2ccc(Cl)c(Cl)c2)cnc1NCc1ccc(O)cc1. The maximum absolute atomic E-state index is 9.30. The number of benzene rings is 2. The molecule has 0 atom stereocenters. The first kappa shape index (κ1) is 15.7. The monoisotopic (exact) mass is 347 g/mol. The van der Waals surface area contributed by atoms with Gasteiger partial charge in [0.2, 0.25) is 5.95 Å². The third-order valence-electron chi connectivity index (χ3n) is 3.59. The number of aromatic nitrogens is 2. The molecule has 2 aromatic carbocycles. The van der Waals surface area contributed by atoms with E-state index in [4.69, 9.17) is 23.2 Å². The van der Waals surface area contributed by atoms with Crippen LogP contribution in [0.3, 0.4) is 0 Å². The number of hydrogen-bond donors (Lipinski definition) is 2. The second-order valence-corrected chi connectivity index (χ2v) is 5.99. The molecule has 3 aromatic rings. The van der Waals surface area contributed by atoms with Crippen LogP contribution in [0.1, 0.15) is 5.56 Å². The molecule has 0 bridgehead atoms. The van der Waals surface area contributed by atoms with Gasteiger partial charge in [-0.05, 0) is 29.8 Å². The average Bonchev–Trinajstić information content (AvgIpc) is 2.90. The van der Waals surface area contributed by atoms with Crippen LogP contribution in [0.4, 0.5) is 5.95 Å². The summed E-state index contributed by atoms with van der Waals surface area (Å²) in [6, 6.07) is 12.6. The molecule has 1 heterocycles. The van der Waals surface area contributed by atoms with Crippen LogP contribution >= 0.6 is 23.2 Å². The number of rotatable bonds is 4. The van der Waals surface area contributed by atoms with Crippen molar-refractivity contribution in [2.75, 3.05) is 5.32 Å². The van der Waals surface area contributed by atoms with Gasteiger partial charge in [-0.1, -0.05) is 41.4 Å². The fourth-order valence-corrected chi connectivity index (χ4v) is 2.59. The maximum Gasteiger partial charge on any atom is 0.203 e. The molecule has 0 saturated carbocycles. The second-order valence-electron chi connectivity index (χ2n) is 5.17. The Balaban J connectivity index is 1.78. The van der Waals surface area contributed by atoms with E-state index >= 15 is 0 Å². The van der Waals surface area contributed by atoms with E-state index in [0.29, 0.717) is 16.6 Å². The molecule has 1 aromatic heterocycles. The molecular weight excluding hydrogens is 333 g/mol. The van der Waals surface area contributed by atoms with Crippen LogP contribution in [0.15, 0.2) is 48.7 Å². The number of hydrogen-bond acceptors (Lipinski definition) is 3. The van der Waals surface area contributed by atoms with Gasteiger partial charge in [-0.3, -0.25) is 0 Å². The summed E-state index contributed by atoms with van der Waals surface area (Å²) >= 11 is 12.0. The van der Waals surface area contributed by atoms with Gasteiger partial charge in [-0.25, -0.2) is 4.98 Å². The zero-order valence-electron chi connectivity index (χ0n) is 12.4. The molecule has 0 spiro atoms.